The number of H-pyrrole nitrogens is 1. The maximum absolute atomic E-state index is 12.5. The van der Waals surface area contributed by atoms with Gasteiger partial charge in [0.1, 0.15) is 5.69 Å². The van der Waals surface area contributed by atoms with Crippen molar-refractivity contribution in [3.05, 3.63) is 64.8 Å². The topological polar surface area (TPSA) is 65.2 Å². The third-order valence-electron chi connectivity index (χ3n) is 4.65. The minimum Gasteiger partial charge on any atom is -0.349 e. The molecule has 2 amide bonds. The largest absolute Gasteiger partial charge is 0.349 e. The van der Waals surface area contributed by atoms with E-state index in [-0.39, 0.29) is 11.8 Å². The fourth-order valence-electron chi connectivity index (χ4n) is 3.26. The van der Waals surface area contributed by atoms with Crippen LogP contribution in [0.4, 0.5) is 5.69 Å². The highest BCUT2D eigenvalue weighted by Crippen LogP contribution is 2.27. The van der Waals surface area contributed by atoms with Crippen molar-refractivity contribution in [1.29, 1.82) is 0 Å². The van der Waals surface area contributed by atoms with Crippen LogP contribution in [0.2, 0.25) is 5.02 Å². The fourth-order valence-corrected chi connectivity index (χ4v) is 3.55. The molecule has 0 radical (unpaired) electrons. The van der Waals surface area contributed by atoms with Crippen LogP contribution in [0.5, 0.6) is 0 Å². The van der Waals surface area contributed by atoms with Gasteiger partial charge in [-0.25, -0.2) is 0 Å². The van der Waals surface area contributed by atoms with Crippen LogP contribution < -0.4 is 5.32 Å². The molecule has 1 aliphatic rings. The van der Waals surface area contributed by atoms with E-state index in [4.69, 9.17) is 11.6 Å². The number of hydrogen-bond acceptors (Lipinski definition) is 2. The number of hydrogen-bond donors (Lipinski definition) is 2. The van der Waals surface area contributed by atoms with Crippen molar-refractivity contribution in [2.24, 2.45) is 0 Å². The van der Waals surface area contributed by atoms with E-state index in [1.807, 2.05) is 29.2 Å². The third kappa shape index (κ3) is 3.06. The minimum atomic E-state index is -0.315. The summed E-state index contributed by atoms with van der Waals surface area (Å²) in [6.45, 7) is 1.63. The van der Waals surface area contributed by atoms with E-state index in [9.17, 15) is 9.59 Å². The Hall–Kier alpha value is -2.79. The van der Waals surface area contributed by atoms with Crippen molar-refractivity contribution >= 4 is 40.0 Å². The first-order chi connectivity index (χ1) is 12.6. The molecule has 0 aliphatic carbocycles. The Labute approximate surface area is 155 Å². The summed E-state index contributed by atoms with van der Waals surface area (Å²) < 4.78 is 0. The number of rotatable bonds is 3. The zero-order valence-corrected chi connectivity index (χ0v) is 14.8. The van der Waals surface area contributed by atoms with Crippen LogP contribution in [0.15, 0.2) is 48.5 Å². The molecule has 26 heavy (non-hydrogen) atoms. The molecule has 6 heteroatoms. The Morgan fingerprint density at radius 3 is 2.38 bits per heavy atom. The van der Waals surface area contributed by atoms with Crippen LogP contribution in [-0.4, -0.2) is 34.8 Å². The van der Waals surface area contributed by atoms with E-state index < -0.39 is 0 Å². The average molecular weight is 368 g/mol. The second-order valence-corrected chi connectivity index (χ2v) is 6.77. The van der Waals surface area contributed by atoms with Gasteiger partial charge in [0.25, 0.3) is 11.8 Å². The smallest absolute Gasteiger partial charge is 0.273 e. The first-order valence-electron chi connectivity index (χ1n) is 8.60. The van der Waals surface area contributed by atoms with Crippen molar-refractivity contribution in [2.75, 3.05) is 18.4 Å². The van der Waals surface area contributed by atoms with Crippen LogP contribution >= 0.6 is 11.6 Å². The molecule has 4 rings (SSSR count). The highest BCUT2D eigenvalue weighted by atomic mass is 35.5. The number of carbonyl (C=O) groups is 2. The molecule has 0 saturated carbocycles. The van der Waals surface area contributed by atoms with Crippen molar-refractivity contribution in [2.45, 2.75) is 12.8 Å². The molecule has 3 aromatic rings. The van der Waals surface area contributed by atoms with Crippen LogP contribution in [0.3, 0.4) is 0 Å². The van der Waals surface area contributed by atoms with Gasteiger partial charge in [0.05, 0.1) is 5.02 Å². The van der Waals surface area contributed by atoms with E-state index in [1.165, 1.54) is 0 Å². The second-order valence-electron chi connectivity index (χ2n) is 6.39. The summed E-state index contributed by atoms with van der Waals surface area (Å²) in [7, 11) is 0. The maximum atomic E-state index is 12.5. The Morgan fingerprint density at radius 2 is 1.69 bits per heavy atom. The molecular weight excluding hydrogens is 350 g/mol. The van der Waals surface area contributed by atoms with Gasteiger partial charge in [-0.1, -0.05) is 29.8 Å². The molecular formula is C20H18ClN3O2. The van der Waals surface area contributed by atoms with Crippen molar-refractivity contribution < 1.29 is 9.59 Å². The number of amides is 2. The molecule has 0 unspecified atom stereocenters. The Balaban J connectivity index is 1.50. The number of anilines is 1. The Morgan fingerprint density at radius 1 is 1.00 bits per heavy atom. The van der Waals surface area contributed by atoms with Gasteiger partial charge in [0.15, 0.2) is 0 Å². The lowest BCUT2D eigenvalue weighted by Gasteiger charge is -2.15. The second kappa shape index (κ2) is 6.84. The van der Waals surface area contributed by atoms with Crippen LogP contribution in [0, 0.1) is 0 Å². The number of para-hydroxylation sites is 1. The summed E-state index contributed by atoms with van der Waals surface area (Å²) in [6, 6.07) is 14.4. The van der Waals surface area contributed by atoms with Crippen LogP contribution in [0.1, 0.15) is 33.7 Å². The summed E-state index contributed by atoms with van der Waals surface area (Å²) in [5.41, 5.74) is 2.38. The molecule has 1 aromatic heterocycles. The number of nitrogens with one attached hydrogen (secondary N) is 2. The SMILES string of the molecule is O=C(Nc1ccc(C(=O)N2CCCC2)cc1)c1[nH]c2ccccc2c1Cl. The number of aromatic nitrogens is 1. The van der Waals surface area contributed by atoms with Crippen LogP contribution in [0.25, 0.3) is 10.9 Å². The van der Waals surface area contributed by atoms with Gasteiger partial charge in [-0.15, -0.1) is 0 Å². The first kappa shape index (κ1) is 16.7. The summed E-state index contributed by atoms with van der Waals surface area (Å²) >= 11 is 6.32. The molecule has 0 spiro atoms. The van der Waals surface area contributed by atoms with Gasteiger partial charge in [-0.05, 0) is 43.2 Å². The summed E-state index contributed by atoms with van der Waals surface area (Å²) in [5.74, 6) is -0.274. The predicted octanol–water partition coefficient (Wildman–Crippen LogP) is 4.31. The first-order valence-corrected chi connectivity index (χ1v) is 8.98. The van der Waals surface area contributed by atoms with Gasteiger partial charge in [0.2, 0.25) is 0 Å². The summed E-state index contributed by atoms with van der Waals surface area (Å²) in [4.78, 5) is 29.8. The molecule has 2 heterocycles. The fraction of sp³-hybridized carbons (Fsp3) is 0.200. The minimum absolute atomic E-state index is 0.0408. The molecule has 2 N–H and O–H groups in total. The summed E-state index contributed by atoms with van der Waals surface area (Å²) in [6.07, 6.45) is 2.12. The van der Waals surface area contributed by atoms with E-state index in [2.05, 4.69) is 10.3 Å². The number of carbonyl (C=O) groups excluding carboxylic acids is 2. The van der Waals surface area contributed by atoms with Crippen LogP contribution in [-0.2, 0) is 0 Å². The molecule has 2 aromatic carbocycles. The molecule has 132 valence electrons. The molecule has 5 nitrogen and oxygen atoms in total. The highest BCUT2D eigenvalue weighted by Gasteiger charge is 2.20. The standard InChI is InChI=1S/C20H18ClN3O2/c21-17-15-5-1-2-6-16(15)23-18(17)19(25)22-14-9-7-13(8-10-14)20(26)24-11-3-4-12-24/h1-2,5-10,23H,3-4,11-12H2,(H,22,25). The lowest BCUT2D eigenvalue weighted by molar-refractivity contribution is 0.0792. The lowest BCUT2D eigenvalue weighted by Crippen LogP contribution is -2.27. The van der Waals surface area contributed by atoms with Gasteiger partial charge in [0, 0.05) is 35.2 Å². The molecule has 1 saturated heterocycles. The predicted molar refractivity (Wildman–Crippen MR) is 103 cm³/mol. The number of likely N-dealkylation sites (tertiary alicyclic amines) is 1. The zero-order chi connectivity index (χ0) is 18.1. The number of nitrogens with zero attached hydrogens (tertiary/aromatic N) is 1. The highest BCUT2D eigenvalue weighted by molar-refractivity contribution is 6.39. The number of halogens is 1. The van der Waals surface area contributed by atoms with Gasteiger partial charge in [-0.3, -0.25) is 9.59 Å². The van der Waals surface area contributed by atoms with Crippen molar-refractivity contribution in [3.8, 4) is 0 Å². The number of fused-ring (bicyclic) bond motifs is 1. The Kier molecular flexibility index (Phi) is 4.39. The van der Waals surface area contributed by atoms with Crippen molar-refractivity contribution in [3.63, 3.8) is 0 Å². The number of benzene rings is 2. The third-order valence-corrected chi connectivity index (χ3v) is 5.05. The van der Waals surface area contributed by atoms with E-state index >= 15 is 0 Å². The average Bonchev–Trinajstić information content (AvgIpc) is 3.31. The van der Waals surface area contributed by atoms with Gasteiger partial charge >= 0.3 is 0 Å². The van der Waals surface area contributed by atoms with E-state index in [0.717, 1.165) is 36.8 Å². The molecule has 1 fully saturated rings. The van der Waals surface area contributed by atoms with Gasteiger partial charge in [-0.2, -0.15) is 0 Å². The molecule has 1 aliphatic heterocycles. The Bertz CT molecular complexity index is 972. The van der Waals surface area contributed by atoms with E-state index in [1.54, 1.807) is 24.3 Å². The quantitative estimate of drug-likeness (QED) is 0.724. The van der Waals surface area contributed by atoms with E-state index in [0.29, 0.717) is 22.0 Å². The summed E-state index contributed by atoms with van der Waals surface area (Å²) in [5, 5.41) is 4.03. The zero-order valence-electron chi connectivity index (χ0n) is 14.1. The molecule has 0 bridgehead atoms. The monoisotopic (exact) mass is 367 g/mol. The maximum Gasteiger partial charge on any atom is 0.273 e. The normalized spacial score (nSPS) is 14.0. The number of aromatic amines is 1. The lowest BCUT2D eigenvalue weighted by atomic mass is 10.2. The van der Waals surface area contributed by atoms with Gasteiger partial charge < -0.3 is 15.2 Å². The molecule has 0 atom stereocenters. The van der Waals surface area contributed by atoms with Crippen molar-refractivity contribution in [1.82, 2.24) is 9.88 Å².